The number of H-pyrrole nitrogens is 1. The van der Waals surface area contributed by atoms with Crippen molar-refractivity contribution in [2.24, 2.45) is 0 Å². The summed E-state index contributed by atoms with van der Waals surface area (Å²) < 4.78 is 28.7. The number of nitrogens with zero attached hydrogens (tertiary/aromatic N) is 1. The van der Waals surface area contributed by atoms with Crippen LogP contribution >= 0.6 is 11.6 Å². The number of aromatic nitrogens is 2. The molecule has 3 N–H and O–H groups in total. The zero-order chi connectivity index (χ0) is 25.2. The maximum Gasteiger partial charge on any atom is 0.256 e. The molecule has 0 aliphatic heterocycles. The highest BCUT2D eigenvalue weighted by Crippen LogP contribution is 2.31. The zero-order valence-corrected chi connectivity index (χ0v) is 20.1. The number of anilines is 1. The molecule has 9 heteroatoms. The predicted octanol–water partition coefficient (Wildman–Crippen LogP) is 5.44. The lowest BCUT2D eigenvalue weighted by Gasteiger charge is -2.19. The molecule has 2 heterocycles. The molecule has 2 aromatic heterocycles. The number of carbonyl (C=O) groups excluding carboxylic acids is 1. The number of amides is 1. The van der Waals surface area contributed by atoms with E-state index in [1.54, 1.807) is 43.6 Å². The predicted molar refractivity (Wildman–Crippen MR) is 135 cm³/mol. The second-order valence-electron chi connectivity index (χ2n) is 8.73. The van der Waals surface area contributed by atoms with Crippen LogP contribution in [0.25, 0.3) is 22.0 Å². The van der Waals surface area contributed by atoms with Crippen LogP contribution in [0.2, 0.25) is 5.02 Å². The first-order valence-electron chi connectivity index (χ1n) is 11.2. The number of hydrogen-bond acceptors (Lipinski definition) is 4. The van der Waals surface area contributed by atoms with E-state index in [-0.39, 0.29) is 35.8 Å². The molecule has 1 atom stereocenters. The summed E-state index contributed by atoms with van der Waals surface area (Å²) in [4.78, 5) is 32.1. The number of halogens is 3. The molecule has 0 spiro atoms. The molecular weight excluding hydrogens is 474 g/mol. The van der Waals surface area contributed by atoms with Crippen LogP contribution in [0.5, 0.6) is 0 Å². The Hall–Kier alpha value is -3.52. The average molecular weight is 499 g/mol. The molecule has 0 radical (unpaired) electrons. The first kappa shape index (κ1) is 24.6. The minimum atomic E-state index is -1.49. The molecule has 6 nitrogen and oxygen atoms in total. The van der Waals surface area contributed by atoms with Crippen LogP contribution in [0, 0.1) is 5.82 Å². The van der Waals surface area contributed by atoms with Crippen molar-refractivity contribution < 1.29 is 13.6 Å². The number of alkyl halides is 1. The number of nitrogens with one attached hydrogen (secondary N) is 3. The van der Waals surface area contributed by atoms with Gasteiger partial charge in [0.05, 0.1) is 10.5 Å². The summed E-state index contributed by atoms with van der Waals surface area (Å²) in [5, 5.41) is 6.40. The summed E-state index contributed by atoms with van der Waals surface area (Å²) in [6.07, 6.45) is 7.35. The Balaban J connectivity index is 1.50. The number of allylic oxidation sites excluding steroid dienone is 3. The van der Waals surface area contributed by atoms with Crippen LogP contribution in [0.1, 0.15) is 31.7 Å². The summed E-state index contributed by atoms with van der Waals surface area (Å²) in [5.74, 6) is -0.183. The van der Waals surface area contributed by atoms with E-state index in [4.69, 9.17) is 11.6 Å². The van der Waals surface area contributed by atoms with Gasteiger partial charge in [0, 0.05) is 54.4 Å². The number of pyridine rings is 2. The molecule has 0 saturated heterocycles. The number of fused-ring (bicyclic) bond motifs is 1. The Morgan fingerprint density at radius 1 is 1.26 bits per heavy atom. The molecule has 0 fully saturated rings. The third-order valence-electron chi connectivity index (χ3n) is 5.81. The van der Waals surface area contributed by atoms with Crippen LogP contribution in [0.3, 0.4) is 0 Å². The maximum absolute atomic E-state index is 14.6. The SMILES string of the molecule is CNc1cc2[nH]c(=O)c(-c3cc(CCCC(=O)NC4=C[C@](C)(F)CC=C4)c(F)cc3Cl)cc2cn1. The minimum Gasteiger partial charge on any atom is -0.373 e. The van der Waals surface area contributed by atoms with E-state index < -0.39 is 11.5 Å². The Morgan fingerprint density at radius 2 is 2.06 bits per heavy atom. The summed E-state index contributed by atoms with van der Waals surface area (Å²) in [6, 6.07) is 6.11. The second-order valence-corrected chi connectivity index (χ2v) is 9.14. The fourth-order valence-electron chi connectivity index (χ4n) is 4.02. The lowest BCUT2D eigenvalue weighted by atomic mass is 9.98. The van der Waals surface area contributed by atoms with Crippen molar-refractivity contribution in [2.75, 3.05) is 12.4 Å². The van der Waals surface area contributed by atoms with Gasteiger partial charge in [0.15, 0.2) is 0 Å². The number of rotatable bonds is 7. The maximum atomic E-state index is 14.6. The molecule has 1 aliphatic rings. The summed E-state index contributed by atoms with van der Waals surface area (Å²) in [5.41, 5.74) is 0.203. The molecule has 4 rings (SSSR count). The molecule has 1 aromatic carbocycles. The monoisotopic (exact) mass is 498 g/mol. The first-order chi connectivity index (χ1) is 16.6. The van der Waals surface area contributed by atoms with E-state index in [1.165, 1.54) is 19.1 Å². The lowest BCUT2D eigenvalue weighted by molar-refractivity contribution is -0.120. The fourth-order valence-corrected chi connectivity index (χ4v) is 4.27. The van der Waals surface area contributed by atoms with Gasteiger partial charge in [-0.15, -0.1) is 0 Å². The summed E-state index contributed by atoms with van der Waals surface area (Å²) >= 11 is 6.30. The highest BCUT2D eigenvalue weighted by atomic mass is 35.5. The van der Waals surface area contributed by atoms with Crippen molar-refractivity contribution >= 4 is 34.2 Å². The fraction of sp³-hybridized carbons (Fsp3) is 0.269. The first-order valence-corrected chi connectivity index (χ1v) is 11.6. The van der Waals surface area contributed by atoms with Crippen molar-refractivity contribution in [2.45, 2.75) is 38.3 Å². The number of hydrogen-bond donors (Lipinski definition) is 3. The quantitative estimate of drug-likeness (QED) is 0.405. The molecule has 35 heavy (non-hydrogen) atoms. The Morgan fingerprint density at radius 3 is 2.80 bits per heavy atom. The Labute approximate surface area is 206 Å². The highest BCUT2D eigenvalue weighted by molar-refractivity contribution is 6.33. The lowest BCUT2D eigenvalue weighted by Crippen LogP contribution is -2.26. The molecule has 182 valence electrons. The van der Waals surface area contributed by atoms with Gasteiger partial charge in [-0.25, -0.2) is 13.8 Å². The van der Waals surface area contributed by atoms with Gasteiger partial charge >= 0.3 is 0 Å². The molecule has 1 amide bonds. The zero-order valence-electron chi connectivity index (χ0n) is 19.3. The van der Waals surface area contributed by atoms with E-state index in [0.29, 0.717) is 45.5 Å². The van der Waals surface area contributed by atoms with Crippen molar-refractivity contribution in [3.8, 4) is 11.1 Å². The van der Waals surface area contributed by atoms with Crippen LogP contribution in [0.15, 0.2) is 59.2 Å². The topological polar surface area (TPSA) is 86.9 Å². The molecular formula is C26H25ClF2N4O2. The smallest absolute Gasteiger partial charge is 0.256 e. The second kappa shape index (κ2) is 10.00. The van der Waals surface area contributed by atoms with Gasteiger partial charge in [-0.2, -0.15) is 0 Å². The van der Waals surface area contributed by atoms with Crippen LogP contribution in [-0.2, 0) is 11.2 Å². The summed E-state index contributed by atoms with van der Waals surface area (Å²) in [7, 11) is 1.73. The Kier molecular flexibility index (Phi) is 7.03. The summed E-state index contributed by atoms with van der Waals surface area (Å²) in [6.45, 7) is 1.44. The molecule has 0 unspecified atom stereocenters. The third-order valence-corrected chi connectivity index (χ3v) is 6.13. The van der Waals surface area contributed by atoms with Crippen LogP contribution < -0.4 is 16.2 Å². The van der Waals surface area contributed by atoms with Gasteiger partial charge in [-0.1, -0.05) is 17.7 Å². The van der Waals surface area contributed by atoms with E-state index in [9.17, 15) is 18.4 Å². The largest absolute Gasteiger partial charge is 0.373 e. The van der Waals surface area contributed by atoms with E-state index in [1.807, 2.05) is 0 Å². The van der Waals surface area contributed by atoms with Crippen molar-refractivity contribution in [3.63, 3.8) is 0 Å². The normalized spacial score (nSPS) is 17.3. The van der Waals surface area contributed by atoms with Gasteiger partial charge in [0.25, 0.3) is 5.56 Å². The third kappa shape index (κ3) is 5.77. The van der Waals surface area contributed by atoms with Crippen LogP contribution in [0.4, 0.5) is 14.6 Å². The van der Waals surface area contributed by atoms with E-state index in [2.05, 4.69) is 20.6 Å². The number of aromatic amines is 1. The highest BCUT2D eigenvalue weighted by Gasteiger charge is 2.22. The van der Waals surface area contributed by atoms with Gasteiger partial charge in [0.1, 0.15) is 17.3 Å². The van der Waals surface area contributed by atoms with Crippen molar-refractivity contribution in [1.82, 2.24) is 15.3 Å². The number of carbonyl (C=O) groups is 1. The van der Waals surface area contributed by atoms with E-state index in [0.717, 1.165) is 0 Å². The minimum absolute atomic E-state index is 0.110. The van der Waals surface area contributed by atoms with Gasteiger partial charge < -0.3 is 15.6 Å². The standard InChI is InChI=1S/C26H25ClF2N4O2/c1-26(29)8-4-6-17(13-26)32-24(34)7-3-5-15-9-18(20(27)11-21(15)28)19-10-16-14-31-23(30-2)12-22(16)33-25(19)35/h4,6,9-14H,3,5,7-8H2,1-2H3,(H,30,31)(H,32,34)(H,33,35)/t26-/m1/s1. The molecule has 0 saturated carbocycles. The van der Waals surface area contributed by atoms with Crippen molar-refractivity contribution in [1.29, 1.82) is 0 Å². The molecule has 1 aliphatic carbocycles. The molecule has 3 aromatic rings. The van der Waals surface area contributed by atoms with Crippen molar-refractivity contribution in [3.05, 3.63) is 81.1 Å². The number of aryl methyl sites for hydroxylation is 1. The van der Waals surface area contributed by atoms with Gasteiger partial charge in [0.2, 0.25) is 5.91 Å². The molecule has 0 bridgehead atoms. The Bertz CT molecular complexity index is 1410. The van der Waals surface area contributed by atoms with Crippen LogP contribution in [-0.4, -0.2) is 28.6 Å². The average Bonchev–Trinajstić information content (AvgIpc) is 2.79. The van der Waals surface area contributed by atoms with Gasteiger partial charge in [-0.05, 0) is 55.7 Å². The van der Waals surface area contributed by atoms with E-state index >= 15 is 0 Å². The van der Waals surface area contributed by atoms with Gasteiger partial charge in [-0.3, -0.25) is 9.59 Å². The number of benzene rings is 1.